The minimum atomic E-state index is -3.52. The Balaban J connectivity index is 1.50. The molecule has 0 aliphatic carbocycles. The van der Waals surface area contributed by atoms with Crippen molar-refractivity contribution in [1.29, 1.82) is 5.26 Å². The second-order valence-electron chi connectivity index (χ2n) is 9.33. The maximum atomic E-state index is 13.2. The maximum absolute atomic E-state index is 13.2. The lowest BCUT2D eigenvalue weighted by molar-refractivity contribution is 0.346. The fourth-order valence-corrected chi connectivity index (χ4v) is 6.38. The number of rotatable bonds is 6. The molecule has 1 saturated heterocycles. The number of fused-ring (bicyclic) bond motifs is 1. The molecule has 4 aromatic rings. The molecule has 2 aromatic heterocycles. The molecule has 2 aromatic carbocycles. The molecule has 0 unspecified atom stereocenters. The van der Waals surface area contributed by atoms with Crippen LogP contribution in [0, 0.1) is 25.2 Å². The van der Waals surface area contributed by atoms with Gasteiger partial charge in [0.1, 0.15) is 6.07 Å². The van der Waals surface area contributed by atoms with Crippen LogP contribution in [0.5, 0.6) is 0 Å². The van der Waals surface area contributed by atoms with E-state index in [0.717, 1.165) is 58.2 Å². The van der Waals surface area contributed by atoms with E-state index in [1.807, 2.05) is 56.5 Å². The van der Waals surface area contributed by atoms with Gasteiger partial charge in [0, 0.05) is 53.3 Å². The Bertz CT molecular complexity index is 1640. The summed E-state index contributed by atoms with van der Waals surface area (Å²) in [5, 5.41) is 14.4. The summed E-state index contributed by atoms with van der Waals surface area (Å²) in [6, 6.07) is 15.3. The first-order valence-corrected chi connectivity index (χ1v) is 13.8. The van der Waals surface area contributed by atoms with Gasteiger partial charge in [0.05, 0.1) is 16.1 Å². The average molecular weight is 512 g/mol. The molecule has 0 atom stereocenters. The van der Waals surface area contributed by atoms with E-state index in [9.17, 15) is 13.7 Å². The van der Waals surface area contributed by atoms with Crippen LogP contribution in [0.15, 0.2) is 59.8 Å². The highest BCUT2D eigenvalue weighted by molar-refractivity contribution is 7.89. The number of hydrogen-bond donors (Lipinski definition) is 2. The van der Waals surface area contributed by atoms with E-state index in [4.69, 9.17) is 0 Å². The minimum absolute atomic E-state index is 0.297. The normalized spacial score (nSPS) is 14.7. The number of nitrogens with one attached hydrogen (secondary N) is 2. The van der Waals surface area contributed by atoms with E-state index in [1.165, 1.54) is 0 Å². The second-order valence-corrected chi connectivity index (χ2v) is 11.3. The third kappa shape index (κ3) is 4.88. The van der Waals surface area contributed by atoms with Crippen molar-refractivity contribution in [2.24, 2.45) is 0 Å². The lowest BCUT2D eigenvalue weighted by Gasteiger charge is -2.25. The average Bonchev–Trinajstić information content (AvgIpc) is 3.40. The van der Waals surface area contributed by atoms with Crippen LogP contribution in [0.4, 0.5) is 11.4 Å². The fraction of sp³-hybridized carbons (Fsp3) is 0.241. The summed E-state index contributed by atoms with van der Waals surface area (Å²) in [5.41, 5.74) is 6.42. The number of nitrogens with zero attached hydrogens (tertiary/aromatic N) is 3. The molecule has 188 valence electrons. The van der Waals surface area contributed by atoms with Crippen molar-refractivity contribution >= 4 is 44.5 Å². The highest BCUT2D eigenvalue weighted by atomic mass is 32.2. The van der Waals surface area contributed by atoms with Crippen LogP contribution >= 0.6 is 0 Å². The maximum Gasteiger partial charge on any atom is 0.243 e. The number of nitriles is 1. The first-order chi connectivity index (χ1) is 17.9. The Morgan fingerprint density at radius 3 is 2.68 bits per heavy atom. The van der Waals surface area contributed by atoms with Crippen LogP contribution in [0.1, 0.15) is 47.2 Å². The van der Waals surface area contributed by atoms with Gasteiger partial charge in [0.2, 0.25) is 10.0 Å². The number of anilines is 2. The summed E-state index contributed by atoms with van der Waals surface area (Å²) in [4.78, 5) is 7.94. The zero-order valence-corrected chi connectivity index (χ0v) is 21.8. The summed E-state index contributed by atoms with van der Waals surface area (Å²) in [6.45, 7) is 5.07. The van der Waals surface area contributed by atoms with E-state index in [2.05, 4.69) is 21.4 Å². The molecular formula is C29H29N5O2S. The quantitative estimate of drug-likeness (QED) is 0.324. The minimum Gasteiger partial charge on any atom is -0.361 e. The van der Waals surface area contributed by atoms with Crippen LogP contribution in [0.2, 0.25) is 0 Å². The summed E-state index contributed by atoms with van der Waals surface area (Å²) in [6.07, 6.45) is 10.1. The van der Waals surface area contributed by atoms with Crippen LogP contribution in [0.3, 0.4) is 0 Å². The Morgan fingerprint density at radius 1 is 1.08 bits per heavy atom. The Morgan fingerprint density at radius 2 is 1.89 bits per heavy atom. The molecule has 5 rings (SSSR count). The highest BCUT2D eigenvalue weighted by Gasteiger charge is 2.25. The van der Waals surface area contributed by atoms with Gasteiger partial charge in [-0.15, -0.1) is 0 Å². The number of H-pyrrole nitrogens is 1. The lowest BCUT2D eigenvalue weighted by Crippen LogP contribution is -2.35. The van der Waals surface area contributed by atoms with Crippen molar-refractivity contribution in [1.82, 2.24) is 14.3 Å². The summed E-state index contributed by atoms with van der Waals surface area (Å²) in [5.74, 6) is 0. The zero-order chi connectivity index (χ0) is 26.0. The molecule has 2 N–H and O–H groups in total. The van der Waals surface area contributed by atoms with Crippen LogP contribution in [-0.4, -0.2) is 35.8 Å². The van der Waals surface area contributed by atoms with Crippen molar-refractivity contribution in [3.8, 4) is 6.07 Å². The van der Waals surface area contributed by atoms with Crippen molar-refractivity contribution in [3.05, 3.63) is 82.8 Å². The number of piperidine rings is 1. The molecule has 7 nitrogen and oxygen atoms in total. The van der Waals surface area contributed by atoms with E-state index < -0.39 is 10.0 Å². The lowest BCUT2D eigenvalue weighted by atomic mass is 10.0. The Labute approximate surface area is 217 Å². The molecule has 0 spiro atoms. The number of aromatic nitrogens is 2. The SMILES string of the molecule is Cc1ncc(C#N)c(Nc2ccc3[nH]ccc3c2C)c1C=Cc1cccc(S(=O)(=O)N2CCCCC2)c1. The monoisotopic (exact) mass is 511 g/mol. The third-order valence-electron chi connectivity index (χ3n) is 6.95. The molecule has 37 heavy (non-hydrogen) atoms. The number of sulfonamides is 1. The molecule has 1 aliphatic rings. The van der Waals surface area contributed by atoms with E-state index in [1.54, 1.807) is 28.7 Å². The first kappa shape index (κ1) is 24.8. The fourth-order valence-electron chi connectivity index (χ4n) is 4.81. The predicted octanol–water partition coefficient (Wildman–Crippen LogP) is 6.14. The molecule has 0 saturated carbocycles. The van der Waals surface area contributed by atoms with Crippen LogP contribution < -0.4 is 5.32 Å². The highest BCUT2D eigenvalue weighted by Crippen LogP contribution is 2.32. The van der Waals surface area contributed by atoms with Gasteiger partial charge in [0.15, 0.2) is 0 Å². The molecule has 1 aliphatic heterocycles. The van der Waals surface area contributed by atoms with Crippen molar-refractivity contribution < 1.29 is 8.42 Å². The Kier molecular flexibility index (Phi) is 6.83. The smallest absolute Gasteiger partial charge is 0.243 e. The molecule has 0 amide bonds. The van der Waals surface area contributed by atoms with E-state index in [0.29, 0.717) is 29.2 Å². The Hall–Kier alpha value is -3.93. The summed E-state index contributed by atoms with van der Waals surface area (Å²) < 4.78 is 27.9. The number of hydrogen-bond acceptors (Lipinski definition) is 5. The van der Waals surface area contributed by atoms with Gasteiger partial charge in [-0.3, -0.25) is 4.98 Å². The first-order valence-electron chi connectivity index (χ1n) is 12.4. The van der Waals surface area contributed by atoms with E-state index >= 15 is 0 Å². The zero-order valence-electron chi connectivity index (χ0n) is 21.0. The van der Waals surface area contributed by atoms with Crippen LogP contribution in [0.25, 0.3) is 23.1 Å². The molecule has 0 radical (unpaired) electrons. The van der Waals surface area contributed by atoms with Crippen molar-refractivity contribution in [2.45, 2.75) is 38.0 Å². The molecule has 3 heterocycles. The molecule has 8 heteroatoms. The van der Waals surface area contributed by atoms with Gasteiger partial charge in [-0.05, 0) is 68.1 Å². The third-order valence-corrected chi connectivity index (χ3v) is 8.85. The predicted molar refractivity (Wildman–Crippen MR) is 148 cm³/mol. The number of aryl methyl sites for hydroxylation is 2. The number of benzene rings is 2. The summed E-state index contributed by atoms with van der Waals surface area (Å²) in [7, 11) is -3.52. The van der Waals surface area contributed by atoms with Crippen molar-refractivity contribution in [3.63, 3.8) is 0 Å². The van der Waals surface area contributed by atoms with Gasteiger partial charge in [-0.2, -0.15) is 9.57 Å². The molecule has 1 fully saturated rings. The van der Waals surface area contributed by atoms with Crippen LogP contribution in [-0.2, 0) is 10.0 Å². The van der Waals surface area contributed by atoms with Gasteiger partial charge < -0.3 is 10.3 Å². The van der Waals surface area contributed by atoms with Crippen molar-refractivity contribution in [2.75, 3.05) is 18.4 Å². The van der Waals surface area contributed by atoms with E-state index in [-0.39, 0.29) is 0 Å². The van der Waals surface area contributed by atoms with Gasteiger partial charge >= 0.3 is 0 Å². The summed E-state index contributed by atoms with van der Waals surface area (Å²) >= 11 is 0. The second kappa shape index (κ2) is 10.2. The largest absolute Gasteiger partial charge is 0.361 e. The van der Waals surface area contributed by atoms with Gasteiger partial charge in [-0.1, -0.05) is 30.7 Å². The standard InChI is InChI=1S/C29H29N5O2S/c1-20-25-13-14-31-28(25)12-11-27(20)33-29-23(18-30)19-32-21(2)26(29)10-9-22-7-6-8-24(17-22)37(35,36)34-15-4-3-5-16-34/h6-14,17,19,31H,3-5,15-16H2,1-2H3,(H,32,33). The van der Waals surface area contributed by atoms with Gasteiger partial charge in [-0.25, -0.2) is 8.42 Å². The molecule has 0 bridgehead atoms. The molecular weight excluding hydrogens is 482 g/mol. The number of aromatic amines is 1. The van der Waals surface area contributed by atoms with Gasteiger partial charge in [0.25, 0.3) is 0 Å². The topological polar surface area (TPSA) is 102 Å². The number of pyridine rings is 1.